The van der Waals surface area contributed by atoms with Gasteiger partial charge in [0, 0.05) is 48.9 Å². The maximum atomic E-state index is 13.7. The van der Waals surface area contributed by atoms with E-state index in [1.165, 1.54) is 12.3 Å². The van der Waals surface area contributed by atoms with Crippen LogP contribution in [0.2, 0.25) is 0 Å². The molecule has 0 aliphatic heterocycles. The standard InChI is InChI=1S/C15H12F2N4O/c1-21-8-9(7-20-21)14-6-11(2-3-19-14)22-15-12(16)4-10(18)5-13(15)17/h2-8H,18H2,1H3. The highest BCUT2D eigenvalue weighted by atomic mass is 19.1. The Kier molecular flexibility index (Phi) is 3.46. The van der Waals surface area contributed by atoms with Gasteiger partial charge in [0.15, 0.2) is 17.4 Å². The lowest BCUT2D eigenvalue weighted by Crippen LogP contribution is -1.96. The van der Waals surface area contributed by atoms with E-state index >= 15 is 0 Å². The molecule has 0 spiro atoms. The molecule has 2 heterocycles. The van der Waals surface area contributed by atoms with Crippen LogP contribution in [0.3, 0.4) is 0 Å². The Labute approximate surface area is 125 Å². The fraction of sp³-hybridized carbons (Fsp3) is 0.0667. The third kappa shape index (κ3) is 2.73. The molecule has 3 rings (SSSR count). The Hall–Kier alpha value is -2.96. The Morgan fingerprint density at radius 1 is 1.18 bits per heavy atom. The number of halogens is 2. The number of hydrogen-bond donors (Lipinski definition) is 1. The van der Waals surface area contributed by atoms with Gasteiger partial charge >= 0.3 is 0 Å². The van der Waals surface area contributed by atoms with Crippen molar-refractivity contribution in [3.63, 3.8) is 0 Å². The van der Waals surface area contributed by atoms with Gasteiger partial charge in [-0.05, 0) is 6.07 Å². The molecule has 22 heavy (non-hydrogen) atoms. The summed E-state index contributed by atoms with van der Waals surface area (Å²) in [7, 11) is 1.78. The molecular weight excluding hydrogens is 290 g/mol. The summed E-state index contributed by atoms with van der Waals surface area (Å²) in [4.78, 5) is 4.18. The summed E-state index contributed by atoms with van der Waals surface area (Å²) in [6, 6.07) is 5.09. The van der Waals surface area contributed by atoms with E-state index in [-0.39, 0.29) is 11.4 Å². The first-order valence-corrected chi connectivity index (χ1v) is 6.40. The number of nitrogen functional groups attached to an aromatic ring is 1. The predicted molar refractivity (Wildman–Crippen MR) is 77.3 cm³/mol. The summed E-state index contributed by atoms with van der Waals surface area (Å²) in [5.41, 5.74) is 6.72. The second-order valence-electron chi connectivity index (χ2n) is 4.70. The van der Waals surface area contributed by atoms with Gasteiger partial charge < -0.3 is 10.5 Å². The minimum Gasteiger partial charge on any atom is -0.451 e. The van der Waals surface area contributed by atoms with E-state index < -0.39 is 17.4 Å². The Morgan fingerprint density at radius 3 is 2.55 bits per heavy atom. The van der Waals surface area contributed by atoms with Gasteiger partial charge in [0.05, 0.1) is 11.9 Å². The molecule has 112 valence electrons. The Balaban J connectivity index is 1.94. The van der Waals surface area contributed by atoms with E-state index in [0.29, 0.717) is 5.69 Å². The van der Waals surface area contributed by atoms with Gasteiger partial charge in [0.25, 0.3) is 0 Å². The molecule has 0 radical (unpaired) electrons. The van der Waals surface area contributed by atoms with E-state index in [0.717, 1.165) is 17.7 Å². The molecule has 0 aliphatic rings. The van der Waals surface area contributed by atoms with Crippen molar-refractivity contribution in [1.29, 1.82) is 0 Å². The van der Waals surface area contributed by atoms with Crippen LogP contribution in [0.15, 0.2) is 42.9 Å². The zero-order chi connectivity index (χ0) is 15.7. The molecule has 2 N–H and O–H groups in total. The molecule has 0 atom stereocenters. The molecule has 2 aromatic heterocycles. The monoisotopic (exact) mass is 302 g/mol. The van der Waals surface area contributed by atoms with Crippen LogP contribution in [0.5, 0.6) is 11.5 Å². The second-order valence-corrected chi connectivity index (χ2v) is 4.70. The van der Waals surface area contributed by atoms with Crippen molar-refractivity contribution in [3.8, 4) is 22.8 Å². The van der Waals surface area contributed by atoms with Crippen molar-refractivity contribution in [2.75, 3.05) is 5.73 Å². The van der Waals surface area contributed by atoms with Gasteiger partial charge in [-0.1, -0.05) is 0 Å². The molecule has 0 amide bonds. The SMILES string of the molecule is Cn1cc(-c2cc(Oc3c(F)cc(N)cc3F)ccn2)cn1. The lowest BCUT2D eigenvalue weighted by Gasteiger charge is -2.09. The number of ether oxygens (including phenoxy) is 1. The third-order valence-corrected chi connectivity index (χ3v) is 2.97. The molecule has 0 fully saturated rings. The molecule has 0 unspecified atom stereocenters. The van der Waals surface area contributed by atoms with Gasteiger partial charge in [-0.2, -0.15) is 5.10 Å². The normalized spacial score (nSPS) is 10.7. The van der Waals surface area contributed by atoms with E-state index in [4.69, 9.17) is 10.5 Å². The molecule has 1 aromatic carbocycles. The van der Waals surface area contributed by atoms with Crippen LogP contribution in [-0.4, -0.2) is 14.8 Å². The smallest absolute Gasteiger partial charge is 0.198 e. The number of pyridine rings is 1. The predicted octanol–water partition coefficient (Wildman–Crippen LogP) is 3.13. The van der Waals surface area contributed by atoms with Gasteiger partial charge in [-0.3, -0.25) is 9.67 Å². The lowest BCUT2D eigenvalue weighted by atomic mass is 10.2. The summed E-state index contributed by atoms with van der Waals surface area (Å²) in [5, 5.41) is 4.05. The fourth-order valence-electron chi connectivity index (χ4n) is 1.98. The highest BCUT2D eigenvalue weighted by molar-refractivity contribution is 5.59. The summed E-state index contributed by atoms with van der Waals surface area (Å²) < 4.78 is 34.4. The quantitative estimate of drug-likeness (QED) is 0.755. The largest absolute Gasteiger partial charge is 0.451 e. The molecule has 3 aromatic rings. The van der Waals surface area contributed by atoms with Gasteiger partial charge in [-0.15, -0.1) is 0 Å². The molecule has 0 saturated carbocycles. The number of nitrogens with two attached hydrogens (primary N) is 1. The van der Waals surface area contributed by atoms with Crippen LogP contribution in [-0.2, 0) is 7.05 Å². The summed E-state index contributed by atoms with van der Waals surface area (Å²) >= 11 is 0. The summed E-state index contributed by atoms with van der Waals surface area (Å²) in [6.07, 6.45) is 4.90. The molecule has 0 aliphatic carbocycles. The molecule has 5 nitrogen and oxygen atoms in total. The van der Waals surface area contributed by atoms with Gasteiger partial charge in [0.2, 0.25) is 0 Å². The average Bonchev–Trinajstić information content (AvgIpc) is 2.90. The molecular formula is C15H12F2N4O. The first-order chi connectivity index (χ1) is 10.5. The lowest BCUT2D eigenvalue weighted by molar-refractivity contribution is 0.407. The number of rotatable bonds is 3. The third-order valence-electron chi connectivity index (χ3n) is 2.97. The number of hydrogen-bond acceptors (Lipinski definition) is 4. The number of nitrogens with zero attached hydrogens (tertiary/aromatic N) is 3. The van der Waals surface area contributed by atoms with Crippen molar-refractivity contribution in [2.45, 2.75) is 0 Å². The van der Waals surface area contributed by atoms with Gasteiger partial charge in [-0.25, -0.2) is 8.78 Å². The van der Waals surface area contributed by atoms with E-state index in [9.17, 15) is 8.78 Å². The van der Waals surface area contributed by atoms with Gasteiger partial charge in [0.1, 0.15) is 5.75 Å². The minimum absolute atomic E-state index is 0.00636. The minimum atomic E-state index is -0.864. The average molecular weight is 302 g/mol. The van der Waals surface area contributed by atoms with E-state index in [1.54, 1.807) is 30.2 Å². The number of aryl methyl sites for hydroxylation is 1. The molecule has 0 bridgehead atoms. The van der Waals surface area contributed by atoms with Crippen molar-refractivity contribution in [1.82, 2.24) is 14.8 Å². The van der Waals surface area contributed by atoms with Crippen LogP contribution in [0.25, 0.3) is 11.3 Å². The maximum Gasteiger partial charge on any atom is 0.198 e. The number of anilines is 1. The maximum absolute atomic E-state index is 13.7. The second kappa shape index (κ2) is 5.44. The van der Waals surface area contributed by atoms with Crippen molar-refractivity contribution < 1.29 is 13.5 Å². The van der Waals surface area contributed by atoms with Crippen molar-refractivity contribution in [3.05, 3.63) is 54.5 Å². The van der Waals surface area contributed by atoms with Crippen LogP contribution in [0, 0.1) is 11.6 Å². The van der Waals surface area contributed by atoms with Crippen LogP contribution in [0.4, 0.5) is 14.5 Å². The van der Waals surface area contributed by atoms with Crippen LogP contribution >= 0.6 is 0 Å². The molecule has 0 saturated heterocycles. The summed E-state index contributed by atoms with van der Waals surface area (Å²) in [5.74, 6) is -1.97. The molecule has 7 heteroatoms. The number of aromatic nitrogens is 3. The first-order valence-electron chi connectivity index (χ1n) is 6.40. The topological polar surface area (TPSA) is 66.0 Å². The Morgan fingerprint density at radius 2 is 1.91 bits per heavy atom. The number of benzene rings is 1. The Bertz CT molecular complexity index is 809. The highest BCUT2D eigenvalue weighted by Gasteiger charge is 2.13. The highest BCUT2D eigenvalue weighted by Crippen LogP contribution is 2.30. The van der Waals surface area contributed by atoms with E-state index in [2.05, 4.69) is 10.1 Å². The van der Waals surface area contributed by atoms with Crippen LogP contribution < -0.4 is 10.5 Å². The first kappa shape index (κ1) is 14.0. The van der Waals surface area contributed by atoms with Crippen molar-refractivity contribution >= 4 is 5.69 Å². The zero-order valence-corrected chi connectivity index (χ0v) is 11.6. The van der Waals surface area contributed by atoms with Crippen LogP contribution in [0.1, 0.15) is 0 Å². The van der Waals surface area contributed by atoms with Crippen molar-refractivity contribution in [2.24, 2.45) is 7.05 Å². The van der Waals surface area contributed by atoms with E-state index in [1.807, 2.05) is 0 Å². The fourth-order valence-corrected chi connectivity index (χ4v) is 1.98. The summed E-state index contributed by atoms with van der Waals surface area (Å²) in [6.45, 7) is 0. The zero-order valence-electron chi connectivity index (χ0n) is 11.6.